The third-order valence-electron chi connectivity index (χ3n) is 13.7. The molecule has 0 aliphatic carbocycles. The van der Waals surface area contributed by atoms with E-state index < -0.39 is 0 Å². The summed E-state index contributed by atoms with van der Waals surface area (Å²) in [6, 6.07) is 58.4. The molecule has 0 amide bonds. The minimum Gasteiger partial charge on any atom is -0.507 e. The summed E-state index contributed by atoms with van der Waals surface area (Å²) in [6.45, 7) is 12.3. The van der Waals surface area contributed by atoms with Crippen LogP contribution >= 0.6 is 0 Å². The van der Waals surface area contributed by atoms with E-state index in [0.717, 1.165) is 98.0 Å². The SMILES string of the molecule is Cc1ccc2c(-c3c(O)ccc4cc(C)ccc34)c(O)ccc2c1.Cc1ccc2c(-c3c(O)ccc4cc(C)ccc34)c(O)ccc2c1.Cc1ccc2c(-c3c(O)ccc4cc(C)ccc34)c(O)ccc2c1.[La]. The van der Waals surface area contributed by atoms with Crippen molar-refractivity contribution in [1.82, 2.24) is 0 Å². The minimum absolute atomic E-state index is 0. The number of phenolic OH excluding ortho intramolecular Hbond substituents is 6. The summed E-state index contributed by atoms with van der Waals surface area (Å²) < 4.78 is 0. The van der Waals surface area contributed by atoms with E-state index in [-0.39, 0.29) is 70.1 Å². The second kappa shape index (κ2) is 20.4. The summed E-state index contributed by atoms with van der Waals surface area (Å²) in [5.41, 5.74) is 11.1. The third kappa shape index (κ3) is 9.68. The molecule has 0 aliphatic heterocycles. The largest absolute Gasteiger partial charge is 0.507 e. The van der Waals surface area contributed by atoms with Crippen LogP contribution in [0.3, 0.4) is 0 Å². The van der Waals surface area contributed by atoms with Crippen LogP contribution in [0.2, 0.25) is 0 Å². The first-order chi connectivity index (χ1) is 34.6. The predicted octanol–water partition coefficient (Wildman–Crippen LogP) is 17.1. The van der Waals surface area contributed by atoms with E-state index in [1.165, 1.54) is 0 Å². The zero-order valence-corrected chi connectivity index (χ0v) is 45.2. The molecular weight excluding hydrogens is 1030 g/mol. The van der Waals surface area contributed by atoms with Crippen LogP contribution in [0.25, 0.3) is 98.0 Å². The Morgan fingerprint density at radius 3 is 0.466 bits per heavy atom. The number of hydrogen-bond donors (Lipinski definition) is 6. The molecule has 0 spiro atoms. The zero-order valence-electron chi connectivity index (χ0n) is 41.6. The summed E-state index contributed by atoms with van der Waals surface area (Å²) in [6.07, 6.45) is 0. The van der Waals surface area contributed by atoms with Gasteiger partial charge in [0.1, 0.15) is 34.5 Å². The standard InChI is InChI=1S/3C22H18O2.La/c3*1-13-3-7-17-15(11-13)5-9-19(23)21(17)22-18-8-4-14(2)12-16(18)6-10-20(22)24;/h3*3-12,23-24H,1-2H3;. The van der Waals surface area contributed by atoms with Gasteiger partial charge >= 0.3 is 0 Å². The molecule has 0 aromatic heterocycles. The van der Waals surface area contributed by atoms with E-state index >= 15 is 0 Å². The van der Waals surface area contributed by atoms with Gasteiger partial charge in [0.2, 0.25) is 0 Å². The van der Waals surface area contributed by atoms with Gasteiger partial charge in [-0.25, -0.2) is 0 Å². The van der Waals surface area contributed by atoms with Gasteiger partial charge in [-0.2, -0.15) is 0 Å². The van der Waals surface area contributed by atoms with Crippen molar-refractivity contribution in [1.29, 1.82) is 0 Å². The summed E-state index contributed by atoms with van der Waals surface area (Å²) in [5, 5.41) is 75.2. The fraction of sp³-hybridized carbons (Fsp3) is 0.0909. The fourth-order valence-corrected chi connectivity index (χ4v) is 10.2. The summed E-state index contributed by atoms with van der Waals surface area (Å²) in [5.74, 6) is 1.05. The van der Waals surface area contributed by atoms with E-state index in [4.69, 9.17) is 0 Å². The van der Waals surface area contributed by atoms with E-state index in [0.29, 0.717) is 33.4 Å². The predicted molar refractivity (Wildman–Crippen MR) is 299 cm³/mol. The Morgan fingerprint density at radius 1 is 0.192 bits per heavy atom. The summed E-state index contributed by atoms with van der Waals surface area (Å²) in [4.78, 5) is 0. The molecule has 12 rings (SSSR count). The molecule has 0 saturated carbocycles. The number of phenols is 6. The van der Waals surface area contributed by atoms with Crippen LogP contribution in [0.1, 0.15) is 33.4 Å². The second-order valence-electron chi connectivity index (χ2n) is 19.1. The number of aryl methyl sites for hydroxylation is 6. The van der Waals surface area contributed by atoms with Crippen LogP contribution in [-0.4, -0.2) is 30.6 Å². The van der Waals surface area contributed by atoms with Gasteiger partial charge in [-0.05, 0) is 143 Å². The number of aromatic hydroxyl groups is 6. The molecule has 0 unspecified atom stereocenters. The van der Waals surface area contributed by atoms with Crippen molar-refractivity contribution >= 4 is 64.6 Å². The Balaban J connectivity index is 0.000000134. The Labute approximate surface area is 452 Å². The number of rotatable bonds is 3. The van der Waals surface area contributed by atoms with E-state index in [1.807, 2.05) is 151 Å². The van der Waals surface area contributed by atoms with Crippen molar-refractivity contribution < 1.29 is 66.2 Å². The molecule has 6 N–H and O–H groups in total. The van der Waals surface area contributed by atoms with E-state index in [2.05, 4.69) is 36.4 Å². The van der Waals surface area contributed by atoms with Crippen molar-refractivity contribution in [3.05, 3.63) is 215 Å². The molecule has 0 bridgehead atoms. The van der Waals surface area contributed by atoms with Crippen molar-refractivity contribution in [2.45, 2.75) is 41.5 Å². The van der Waals surface area contributed by atoms with Gasteiger partial charge in [-0.15, -0.1) is 0 Å². The molecule has 1 radical (unpaired) electrons. The molecule has 0 aliphatic rings. The normalized spacial score (nSPS) is 11.1. The van der Waals surface area contributed by atoms with Gasteiger partial charge in [-0.1, -0.05) is 179 Å². The maximum Gasteiger partial charge on any atom is 0.124 e. The van der Waals surface area contributed by atoms with Gasteiger partial charge in [0.25, 0.3) is 0 Å². The molecule has 0 heterocycles. The second-order valence-corrected chi connectivity index (χ2v) is 19.1. The Hall–Kier alpha value is -7.81. The molecule has 12 aromatic rings. The van der Waals surface area contributed by atoms with Crippen molar-refractivity contribution in [2.75, 3.05) is 0 Å². The van der Waals surface area contributed by atoms with Crippen molar-refractivity contribution in [3.63, 3.8) is 0 Å². The van der Waals surface area contributed by atoms with Crippen molar-refractivity contribution in [2.24, 2.45) is 0 Å². The number of benzene rings is 12. The first kappa shape index (κ1) is 50.1. The first-order valence-corrected chi connectivity index (χ1v) is 24.0. The van der Waals surface area contributed by atoms with Gasteiger partial charge < -0.3 is 30.6 Å². The maximum atomic E-state index is 10.6. The van der Waals surface area contributed by atoms with Crippen LogP contribution in [-0.2, 0) is 0 Å². The summed E-state index contributed by atoms with van der Waals surface area (Å²) in [7, 11) is 0. The molecule has 7 heteroatoms. The van der Waals surface area contributed by atoms with Crippen LogP contribution < -0.4 is 0 Å². The van der Waals surface area contributed by atoms with Gasteiger partial charge in [-0.3, -0.25) is 0 Å². The smallest absolute Gasteiger partial charge is 0.124 e. The average Bonchev–Trinajstić information content (AvgIpc) is 3.35. The molecule has 357 valence electrons. The summed E-state index contributed by atoms with van der Waals surface area (Å²) >= 11 is 0. The first-order valence-electron chi connectivity index (χ1n) is 24.0. The topological polar surface area (TPSA) is 121 Å². The number of hydrogen-bond acceptors (Lipinski definition) is 6. The van der Waals surface area contributed by atoms with Crippen LogP contribution in [0.4, 0.5) is 0 Å². The average molecular weight is 1080 g/mol. The quantitative estimate of drug-likeness (QED) is 0.105. The molecule has 12 aromatic carbocycles. The maximum absolute atomic E-state index is 10.6. The van der Waals surface area contributed by atoms with E-state index in [9.17, 15) is 30.6 Å². The Kier molecular flexibility index (Phi) is 14.0. The van der Waals surface area contributed by atoms with E-state index in [1.54, 1.807) is 36.4 Å². The monoisotopic (exact) mass is 1080 g/mol. The van der Waals surface area contributed by atoms with Crippen LogP contribution in [0.15, 0.2) is 182 Å². The minimum atomic E-state index is 0. The zero-order chi connectivity index (χ0) is 50.5. The molecule has 0 atom stereocenters. The van der Waals surface area contributed by atoms with Gasteiger partial charge in [0, 0.05) is 69.0 Å². The molecule has 0 saturated heterocycles. The Morgan fingerprint density at radius 2 is 0.329 bits per heavy atom. The molecule has 73 heavy (non-hydrogen) atoms. The Bertz CT molecular complexity index is 3450. The third-order valence-corrected chi connectivity index (χ3v) is 13.7. The van der Waals surface area contributed by atoms with Crippen LogP contribution in [0, 0.1) is 77.1 Å². The van der Waals surface area contributed by atoms with Crippen molar-refractivity contribution in [3.8, 4) is 67.9 Å². The fourth-order valence-electron chi connectivity index (χ4n) is 10.2. The molecule has 6 nitrogen and oxygen atoms in total. The van der Waals surface area contributed by atoms with Crippen LogP contribution in [0.5, 0.6) is 34.5 Å². The molecule has 0 fully saturated rings. The number of fused-ring (bicyclic) bond motifs is 6. The van der Waals surface area contributed by atoms with Gasteiger partial charge in [0.05, 0.1) is 0 Å². The molecular formula is C66H54LaO6. The van der Waals surface area contributed by atoms with Gasteiger partial charge in [0.15, 0.2) is 0 Å².